The van der Waals surface area contributed by atoms with Crippen LogP contribution >= 0.6 is 0 Å². The minimum Gasteiger partial charge on any atom is -0.294 e. The first-order chi connectivity index (χ1) is 14.9. The first kappa shape index (κ1) is 23.0. The van der Waals surface area contributed by atoms with Crippen molar-refractivity contribution in [3.8, 4) is 11.1 Å². The van der Waals surface area contributed by atoms with Crippen LogP contribution in [0.2, 0.25) is 0 Å². The van der Waals surface area contributed by atoms with Crippen molar-refractivity contribution in [3.05, 3.63) is 59.7 Å². The van der Waals surface area contributed by atoms with Gasteiger partial charge >= 0.3 is 0 Å². The van der Waals surface area contributed by atoms with E-state index in [0.717, 1.165) is 22.3 Å². The Bertz CT molecular complexity index is 881. The van der Waals surface area contributed by atoms with Crippen LogP contribution in [-0.4, -0.2) is 11.8 Å². The van der Waals surface area contributed by atoms with Crippen molar-refractivity contribution >= 4 is 11.8 Å². The van der Waals surface area contributed by atoms with Gasteiger partial charge in [0.15, 0.2) is 0 Å². The molecule has 0 fully saturated rings. The average Bonchev–Trinajstić information content (AvgIpc) is 3.10. The molecule has 4 unspecified atom stereocenters. The van der Waals surface area contributed by atoms with E-state index in [1.165, 1.54) is 0 Å². The van der Waals surface area contributed by atoms with Gasteiger partial charge < -0.3 is 0 Å². The summed E-state index contributed by atoms with van der Waals surface area (Å²) in [6.07, 6.45) is 1.28. The SMILES string of the molecule is CCC(C(=O)NN)C(C)C1(C(C)C(CC)C(=O)NN)c2ccccc2-c2ccccc21. The third-order valence-electron chi connectivity index (χ3n) is 7.52. The van der Waals surface area contributed by atoms with Gasteiger partial charge in [0.2, 0.25) is 11.8 Å². The van der Waals surface area contributed by atoms with E-state index in [9.17, 15) is 9.59 Å². The van der Waals surface area contributed by atoms with E-state index in [0.29, 0.717) is 12.8 Å². The second kappa shape index (κ2) is 9.20. The molecule has 2 amide bonds. The number of benzene rings is 2. The maximum atomic E-state index is 12.8. The van der Waals surface area contributed by atoms with Crippen LogP contribution in [0.15, 0.2) is 48.5 Å². The molecule has 31 heavy (non-hydrogen) atoms. The van der Waals surface area contributed by atoms with E-state index >= 15 is 0 Å². The van der Waals surface area contributed by atoms with Gasteiger partial charge in [-0.1, -0.05) is 76.2 Å². The molecule has 0 aliphatic heterocycles. The van der Waals surface area contributed by atoms with Crippen LogP contribution in [0.5, 0.6) is 0 Å². The van der Waals surface area contributed by atoms with Crippen molar-refractivity contribution in [2.75, 3.05) is 0 Å². The predicted molar refractivity (Wildman–Crippen MR) is 123 cm³/mol. The highest BCUT2D eigenvalue weighted by Gasteiger charge is 2.55. The highest BCUT2D eigenvalue weighted by molar-refractivity contribution is 5.85. The van der Waals surface area contributed by atoms with Crippen LogP contribution in [0.25, 0.3) is 11.1 Å². The molecule has 0 heterocycles. The van der Waals surface area contributed by atoms with Gasteiger partial charge in [0.25, 0.3) is 0 Å². The topological polar surface area (TPSA) is 110 Å². The molecule has 0 bridgehead atoms. The Morgan fingerprint density at radius 1 is 0.774 bits per heavy atom. The van der Waals surface area contributed by atoms with E-state index in [-0.39, 0.29) is 35.5 Å². The number of nitrogens with one attached hydrogen (secondary N) is 2. The predicted octanol–water partition coefficient (Wildman–Crippen LogP) is 3.26. The van der Waals surface area contributed by atoms with Crippen LogP contribution in [0, 0.1) is 23.7 Å². The van der Waals surface area contributed by atoms with E-state index in [1.807, 2.05) is 38.1 Å². The first-order valence-corrected chi connectivity index (χ1v) is 11.1. The fraction of sp³-hybridized carbons (Fsp3) is 0.440. The monoisotopic (exact) mass is 422 g/mol. The maximum absolute atomic E-state index is 12.8. The molecule has 3 rings (SSSR count). The standard InChI is InChI=1S/C25H34N4O2/c1-5-17(23(30)28-26)15(3)25(16(4)18(6-2)24(31)29-27)21-13-9-7-11-19(21)20-12-8-10-14-22(20)25/h7-18H,5-6,26-27H2,1-4H3,(H,28,30)(H,29,31). The van der Waals surface area contributed by atoms with Gasteiger partial charge in [-0.2, -0.15) is 0 Å². The number of rotatable bonds is 8. The fourth-order valence-corrected chi connectivity index (χ4v) is 6.08. The Morgan fingerprint density at radius 2 is 1.13 bits per heavy atom. The second-order valence-corrected chi connectivity index (χ2v) is 8.58. The molecular formula is C25H34N4O2. The Morgan fingerprint density at radius 3 is 1.45 bits per heavy atom. The van der Waals surface area contributed by atoms with Gasteiger partial charge in [0.1, 0.15) is 0 Å². The number of hydrazine groups is 2. The molecule has 4 atom stereocenters. The van der Waals surface area contributed by atoms with Gasteiger partial charge in [0, 0.05) is 17.3 Å². The summed E-state index contributed by atoms with van der Waals surface area (Å²) in [6, 6.07) is 16.7. The minimum atomic E-state index is -0.548. The normalized spacial score (nSPS) is 17.6. The number of nitrogens with two attached hydrogens (primary N) is 2. The Hall–Kier alpha value is -2.70. The lowest BCUT2D eigenvalue weighted by Gasteiger charge is -2.47. The molecule has 6 N–H and O–H groups in total. The highest BCUT2D eigenvalue weighted by Crippen LogP contribution is 2.59. The van der Waals surface area contributed by atoms with Gasteiger partial charge in [-0.15, -0.1) is 0 Å². The molecule has 0 saturated heterocycles. The Balaban J connectivity index is 2.36. The Kier molecular flexibility index (Phi) is 6.82. The molecule has 0 spiro atoms. The summed E-state index contributed by atoms with van der Waals surface area (Å²) in [4.78, 5) is 25.6. The zero-order valence-electron chi connectivity index (χ0n) is 18.8. The van der Waals surface area contributed by atoms with E-state index in [4.69, 9.17) is 11.7 Å². The molecule has 2 aromatic carbocycles. The summed E-state index contributed by atoms with van der Waals surface area (Å²) >= 11 is 0. The summed E-state index contributed by atoms with van der Waals surface area (Å²) in [6.45, 7) is 8.24. The zero-order valence-corrected chi connectivity index (χ0v) is 18.8. The van der Waals surface area contributed by atoms with Crippen molar-refractivity contribution in [1.82, 2.24) is 10.9 Å². The molecule has 166 valence electrons. The van der Waals surface area contributed by atoms with Crippen molar-refractivity contribution in [3.63, 3.8) is 0 Å². The fourth-order valence-electron chi connectivity index (χ4n) is 6.08. The van der Waals surface area contributed by atoms with Crippen LogP contribution < -0.4 is 22.5 Å². The summed E-state index contributed by atoms with van der Waals surface area (Å²) in [5, 5.41) is 0. The molecule has 0 radical (unpaired) electrons. The molecular weight excluding hydrogens is 388 g/mol. The lowest BCUT2D eigenvalue weighted by molar-refractivity contribution is -0.129. The average molecular weight is 423 g/mol. The van der Waals surface area contributed by atoms with Crippen molar-refractivity contribution in [1.29, 1.82) is 0 Å². The molecule has 2 aromatic rings. The largest absolute Gasteiger partial charge is 0.294 e. The van der Waals surface area contributed by atoms with Crippen LogP contribution in [0.4, 0.5) is 0 Å². The van der Waals surface area contributed by atoms with Gasteiger partial charge in [-0.25, -0.2) is 11.7 Å². The van der Waals surface area contributed by atoms with Crippen LogP contribution in [-0.2, 0) is 15.0 Å². The molecule has 6 heteroatoms. The zero-order chi connectivity index (χ0) is 22.8. The van der Waals surface area contributed by atoms with Crippen LogP contribution in [0.1, 0.15) is 51.7 Å². The Labute approximate surface area is 184 Å². The summed E-state index contributed by atoms with van der Waals surface area (Å²) in [5.41, 5.74) is 8.80. The van der Waals surface area contributed by atoms with Gasteiger partial charge in [0.05, 0.1) is 0 Å². The summed E-state index contributed by atoms with van der Waals surface area (Å²) in [5.74, 6) is 9.93. The molecule has 0 aromatic heterocycles. The molecule has 0 saturated carbocycles. The number of amides is 2. The first-order valence-electron chi connectivity index (χ1n) is 11.1. The summed E-state index contributed by atoms with van der Waals surface area (Å²) < 4.78 is 0. The second-order valence-electron chi connectivity index (χ2n) is 8.58. The number of hydrogen-bond donors (Lipinski definition) is 4. The maximum Gasteiger partial charge on any atom is 0.237 e. The third-order valence-corrected chi connectivity index (χ3v) is 7.52. The van der Waals surface area contributed by atoms with E-state index in [2.05, 4.69) is 49.0 Å². The molecule has 1 aliphatic carbocycles. The lowest BCUT2D eigenvalue weighted by atomic mass is 9.55. The summed E-state index contributed by atoms with van der Waals surface area (Å²) in [7, 11) is 0. The number of hydrogen-bond acceptors (Lipinski definition) is 4. The minimum absolute atomic E-state index is 0.111. The highest BCUT2D eigenvalue weighted by atomic mass is 16.2. The number of fused-ring (bicyclic) bond motifs is 3. The van der Waals surface area contributed by atoms with Crippen molar-refractivity contribution < 1.29 is 9.59 Å². The third kappa shape index (κ3) is 3.44. The van der Waals surface area contributed by atoms with Crippen molar-refractivity contribution in [2.24, 2.45) is 35.4 Å². The number of carbonyl (C=O) groups excluding carboxylic acids is 2. The van der Waals surface area contributed by atoms with Crippen LogP contribution in [0.3, 0.4) is 0 Å². The molecule has 1 aliphatic rings. The quantitative estimate of drug-likeness (QED) is 0.297. The van der Waals surface area contributed by atoms with Gasteiger partial charge in [-0.3, -0.25) is 20.4 Å². The van der Waals surface area contributed by atoms with E-state index < -0.39 is 5.41 Å². The van der Waals surface area contributed by atoms with Crippen molar-refractivity contribution in [2.45, 2.75) is 46.0 Å². The molecule has 6 nitrogen and oxygen atoms in total. The van der Waals surface area contributed by atoms with Gasteiger partial charge in [-0.05, 0) is 46.9 Å². The van der Waals surface area contributed by atoms with E-state index in [1.54, 1.807) is 0 Å². The lowest BCUT2D eigenvalue weighted by Crippen LogP contribution is -2.52. The smallest absolute Gasteiger partial charge is 0.237 e. The number of carbonyl (C=O) groups is 2.